The summed E-state index contributed by atoms with van der Waals surface area (Å²) in [6.45, 7) is 2.52. The molecule has 2 heterocycles. The van der Waals surface area contributed by atoms with Crippen molar-refractivity contribution in [2.45, 2.75) is 25.3 Å². The molecule has 0 saturated carbocycles. The van der Waals surface area contributed by atoms with Crippen molar-refractivity contribution in [1.82, 2.24) is 15.0 Å². The van der Waals surface area contributed by atoms with Crippen LogP contribution in [0.4, 0.5) is 4.39 Å². The highest BCUT2D eigenvalue weighted by molar-refractivity contribution is 5.80. The summed E-state index contributed by atoms with van der Waals surface area (Å²) in [6.07, 6.45) is 0.315. The monoisotopic (exact) mass is 381 g/mol. The second kappa shape index (κ2) is 7.42. The number of likely N-dealkylation sites (tertiary alicyclic amines) is 1. The summed E-state index contributed by atoms with van der Waals surface area (Å²) in [5, 5.41) is 3.96. The normalized spacial score (nSPS) is 17.8. The lowest BCUT2D eigenvalue weighted by atomic mass is 10.1. The van der Waals surface area contributed by atoms with Crippen LogP contribution in [0.3, 0.4) is 0 Å². The van der Waals surface area contributed by atoms with Crippen LogP contribution in [0, 0.1) is 5.82 Å². The summed E-state index contributed by atoms with van der Waals surface area (Å²) in [6, 6.07) is 14.3. The van der Waals surface area contributed by atoms with Crippen LogP contribution in [-0.4, -0.2) is 34.6 Å². The molecular weight excluding hydrogens is 361 g/mol. The van der Waals surface area contributed by atoms with Gasteiger partial charge in [-0.15, -0.1) is 0 Å². The van der Waals surface area contributed by atoms with E-state index in [-0.39, 0.29) is 23.6 Å². The van der Waals surface area contributed by atoms with Crippen LogP contribution >= 0.6 is 0 Å². The zero-order chi connectivity index (χ0) is 19.7. The lowest BCUT2D eigenvalue weighted by Gasteiger charge is -2.24. The molecule has 1 aliphatic rings. The fraction of sp³-hybridized carbons (Fsp3) is 0.286. The van der Waals surface area contributed by atoms with Crippen molar-refractivity contribution in [3.8, 4) is 17.1 Å². The number of amides is 1. The van der Waals surface area contributed by atoms with E-state index in [1.165, 1.54) is 19.2 Å². The summed E-state index contributed by atoms with van der Waals surface area (Å²) in [7, 11) is 1.41. The second-order valence-corrected chi connectivity index (χ2v) is 6.84. The topological polar surface area (TPSA) is 68.5 Å². The fourth-order valence-electron chi connectivity index (χ4n) is 3.51. The van der Waals surface area contributed by atoms with Crippen LogP contribution < -0.4 is 4.74 Å². The molecule has 4 rings (SSSR count). The number of benzene rings is 2. The lowest BCUT2D eigenvalue weighted by molar-refractivity contribution is -0.129. The molecule has 0 aliphatic carbocycles. The van der Waals surface area contributed by atoms with Gasteiger partial charge in [-0.25, -0.2) is 4.39 Å². The third-order valence-corrected chi connectivity index (χ3v) is 5.11. The largest absolute Gasteiger partial charge is 0.494 e. The molecule has 1 aliphatic heterocycles. The maximum absolute atomic E-state index is 13.9. The van der Waals surface area contributed by atoms with Crippen LogP contribution in [0.5, 0.6) is 5.75 Å². The molecule has 28 heavy (non-hydrogen) atoms. The molecule has 0 N–H and O–H groups in total. The first-order chi connectivity index (χ1) is 13.6. The molecule has 1 amide bonds. The molecule has 1 saturated heterocycles. The van der Waals surface area contributed by atoms with E-state index in [0.29, 0.717) is 30.2 Å². The maximum Gasteiger partial charge on any atom is 0.232 e. The van der Waals surface area contributed by atoms with Crippen molar-refractivity contribution < 1.29 is 18.4 Å². The number of nitrogens with zero attached hydrogens (tertiary/aromatic N) is 3. The number of carbonyl (C=O) groups excluding carboxylic acids is 1. The predicted octanol–water partition coefficient (Wildman–Crippen LogP) is 3.96. The average molecular weight is 381 g/mol. The summed E-state index contributed by atoms with van der Waals surface area (Å²) in [4.78, 5) is 18.8. The lowest BCUT2D eigenvalue weighted by Crippen LogP contribution is -2.28. The first kappa shape index (κ1) is 18.2. The number of ether oxygens (including phenoxy) is 1. The second-order valence-electron chi connectivity index (χ2n) is 6.84. The Kier molecular flexibility index (Phi) is 4.81. The standard InChI is InChI=1S/C21H20FN3O3/c1-13(14-6-4-3-5-7-14)25-12-16(11-19(25)26)21-23-20(24-28-21)15-8-9-18(27-2)17(22)10-15/h3-10,13,16H,11-12H2,1-2H3. The Hall–Kier alpha value is -3.22. The summed E-state index contributed by atoms with van der Waals surface area (Å²) in [5.41, 5.74) is 1.57. The van der Waals surface area contributed by atoms with Crippen LogP contribution in [0.15, 0.2) is 53.1 Å². The molecule has 0 bridgehead atoms. The van der Waals surface area contributed by atoms with E-state index >= 15 is 0 Å². The van der Waals surface area contributed by atoms with Gasteiger partial charge in [-0.2, -0.15) is 4.98 Å². The molecule has 6 nitrogen and oxygen atoms in total. The SMILES string of the molecule is COc1ccc(-c2noc(C3CC(=O)N(C(C)c4ccccc4)C3)n2)cc1F. The van der Waals surface area contributed by atoms with Crippen LogP contribution in [0.2, 0.25) is 0 Å². The Morgan fingerprint density at radius 1 is 1.25 bits per heavy atom. The zero-order valence-electron chi connectivity index (χ0n) is 15.6. The highest BCUT2D eigenvalue weighted by atomic mass is 19.1. The molecule has 1 aromatic heterocycles. The molecule has 1 fully saturated rings. The minimum absolute atomic E-state index is 0.0308. The smallest absolute Gasteiger partial charge is 0.232 e. The van der Waals surface area contributed by atoms with Gasteiger partial charge in [0.1, 0.15) is 0 Å². The maximum atomic E-state index is 13.9. The third-order valence-electron chi connectivity index (χ3n) is 5.11. The number of hydrogen-bond acceptors (Lipinski definition) is 5. The number of halogens is 1. The van der Waals surface area contributed by atoms with Gasteiger partial charge in [0.25, 0.3) is 0 Å². The Balaban J connectivity index is 1.52. The van der Waals surface area contributed by atoms with Crippen molar-refractivity contribution in [2.75, 3.05) is 13.7 Å². The minimum Gasteiger partial charge on any atom is -0.494 e. The first-order valence-electron chi connectivity index (χ1n) is 9.08. The number of rotatable bonds is 5. The Labute approximate surface area is 161 Å². The van der Waals surface area contributed by atoms with Crippen molar-refractivity contribution in [2.24, 2.45) is 0 Å². The van der Waals surface area contributed by atoms with E-state index in [4.69, 9.17) is 9.26 Å². The highest BCUT2D eigenvalue weighted by Crippen LogP contribution is 2.34. The molecule has 3 aromatic rings. The molecule has 0 spiro atoms. The Bertz CT molecular complexity index is 990. The number of carbonyl (C=O) groups is 1. The first-order valence-corrected chi connectivity index (χ1v) is 9.08. The summed E-state index contributed by atoms with van der Waals surface area (Å²) in [5.74, 6) is 0.213. The van der Waals surface area contributed by atoms with Gasteiger partial charge < -0.3 is 14.2 Å². The van der Waals surface area contributed by atoms with Crippen LogP contribution in [0.1, 0.15) is 36.8 Å². The molecule has 144 valence electrons. The van der Waals surface area contributed by atoms with Crippen LogP contribution in [0.25, 0.3) is 11.4 Å². The van der Waals surface area contributed by atoms with E-state index in [2.05, 4.69) is 10.1 Å². The van der Waals surface area contributed by atoms with Gasteiger partial charge in [0.05, 0.1) is 19.1 Å². The number of methoxy groups -OCH3 is 1. The van der Waals surface area contributed by atoms with Gasteiger partial charge in [-0.3, -0.25) is 4.79 Å². The molecule has 2 aromatic carbocycles. The third kappa shape index (κ3) is 3.35. The van der Waals surface area contributed by atoms with Crippen molar-refractivity contribution >= 4 is 5.91 Å². The van der Waals surface area contributed by atoms with Gasteiger partial charge in [-0.1, -0.05) is 35.5 Å². The van der Waals surface area contributed by atoms with Gasteiger partial charge in [-0.05, 0) is 30.7 Å². The fourth-order valence-corrected chi connectivity index (χ4v) is 3.51. The Morgan fingerprint density at radius 2 is 2.04 bits per heavy atom. The van der Waals surface area contributed by atoms with E-state index in [1.807, 2.05) is 42.2 Å². The molecule has 0 radical (unpaired) electrons. The van der Waals surface area contributed by atoms with E-state index in [1.54, 1.807) is 6.07 Å². The zero-order valence-corrected chi connectivity index (χ0v) is 15.6. The number of aromatic nitrogens is 2. The van der Waals surface area contributed by atoms with E-state index in [0.717, 1.165) is 5.56 Å². The predicted molar refractivity (Wildman–Crippen MR) is 100 cm³/mol. The quantitative estimate of drug-likeness (QED) is 0.669. The average Bonchev–Trinajstić information content (AvgIpc) is 3.35. The molecule has 2 unspecified atom stereocenters. The van der Waals surface area contributed by atoms with E-state index < -0.39 is 5.82 Å². The molecule has 2 atom stereocenters. The Morgan fingerprint density at radius 3 is 2.75 bits per heavy atom. The van der Waals surface area contributed by atoms with Crippen molar-refractivity contribution in [1.29, 1.82) is 0 Å². The van der Waals surface area contributed by atoms with Gasteiger partial charge >= 0.3 is 0 Å². The van der Waals surface area contributed by atoms with Crippen molar-refractivity contribution in [3.63, 3.8) is 0 Å². The highest BCUT2D eigenvalue weighted by Gasteiger charge is 2.37. The molecule has 7 heteroatoms. The minimum atomic E-state index is -0.495. The van der Waals surface area contributed by atoms with Gasteiger partial charge in [0, 0.05) is 18.5 Å². The van der Waals surface area contributed by atoms with Crippen LogP contribution in [-0.2, 0) is 4.79 Å². The van der Waals surface area contributed by atoms with Gasteiger partial charge in [0.2, 0.25) is 17.6 Å². The summed E-state index contributed by atoms with van der Waals surface area (Å²) < 4.78 is 24.2. The van der Waals surface area contributed by atoms with Crippen molar-refractivity contribution in [3.05, 3.63) is 65.8 Å². The number of hydrogen-bond donors (Lipinski definition) is 0. The molecular formula is C21H20FN3O3. The van der Waals surface area contributed by atoms with Gasteiger partial charge in [0.15, 0.2) is 11.6 Å². The summed E-state index contributed by atoms with van der Waals surface area (Å²) >= 11 is 0. The van der Waals surface area contributed by atoms with E-state index in [9.17, 15) is 9.18 Å².